The third kappa shape index (κ3) is 2.82. The Kier molecular flexibility index (Phi) is 3.58. The fourth-order valence-electron chi connectivity index (χ4n) is 2.48. The second-order valence-corrected chi connectivity index (χ2v) is 6.01. The van der Waals surface area contributed by atoms with Gasteiger partial charge in [-0.3, -0.25) is 0 Å². The molecule has 0 unspecified atom stereocenters. The molecule has 100 valence electrons. The maximum atomic E-state index is 9.96. The molecule has 1 N–H and O–H groups in total. The van der Waals surface area contributed by atoms with Gasteiger partial charge in [0, 0.05) is 23.8 Å². The molecule has 1 atom stereocenters. The number of hydrogen-bond acceptors (Lipinski definition) is 3. The van der Waals surface area contributed by atoms with Crippen LogP contribution >= 0.6 is 11.3 Å². The molecule has 1 aromatic carbocycles. The second-order valence-electron chi connectivity index (χ2n) is 5.23. The van der Waals surface area contributed by atoms with Crippen molar-refractivity contribution in [1.29, 1.82) is 0 Å². The number of anilines is 1. The summed E-state index contributed by atoms with van der Waals surface area (Å²) in [5.41, 5.74) is 3.58. The predicted octanol–water partition coefficient (Wildman–Crippen LogP) is 3.97. The van der Waals surface area contributed by atoms with Crippen LogP contribution in [-0.2, 0) is 6.54 Å². The largest absolute Gasteiger partial charge is 0.389 e. The number of thiophene rings is 1. The Balaban J connectivity index is 1.92. The monoisotopic (exact) mass is 273 g/mol. The van der Waals surface area contributed by atoms with Gasteiger partial charge in [-0.1, -0.05) is 18.2 Å². The van der Waals surface area contributed by atoms with Crippen LogP contribution in [0.2, 0.25) is 0 Å². The molecule has 0 amide bonds. The Bertz CT molecular complexity index is 531. The summed E-state index contributed by atoms with van der Waals surface area (Å²) >= 11 is 1.74. The zero-order valence-electron chi connectivity index (χ0n) is 11.1. The van der Waals surface area contributed by atoms with E-state index in [0.29, 0.717) is 6.04 Å². The van der Waals surface area contributed by atoms with E-state index in [1.54, 1.807) is 11.3 Å². The normalized spacial score (nSPS) is 16.3. The number of rotatable bonds is 5. The van der Waals surface area contributed by atoms with Gasteiger partial charge in [-0.05, 0) is 48.2 Å². The van der Waals surface area contributed by atoms with Crippen LogP contribution in [0, 0.1) is 0 Å². The highest BCUT2D eigenvalue weighted by molar-refractivity contribution is 7.07. The Morgan fingerprint density at radius 3 is 2.74 bits per heavy atom. The minimum atomic E-state index is -0.417. The third-order valence-corrected chi connectivity index (χ3v) is 4.35. The molecule has 2 aromatic rings. The van der Waals surface area contributed by atoms with Crippen LogP contribution in [0.1, 0.15) is 37.0 Å². The molecule has 0 aliphatic heterocycles. The van der Waals surface area contributed by atoms with Gasteiger partial charge in [-0.25, -0.2) is 0 Å². The maximum Gasteiger partial charge on any atom is 0.0781 e. The van der Waals surface area contributed by atoms with Crippen molar-refractivity contribution in [2.45, 2.75) is 38.5 Å². The van der Waals surface area contributed by atoms with Crippen molar-refractivity contribution in [2.24, 2.45) is 0 Å². The van der Waals surface area contributed by atoms with Crippen LogP contribution in [-0.4, -0.2) is 11.1 Å². The SMILES string of the molecule is C[C@H](O)c1ccccc1N(Cc1ccsc1)C1CC1. The van der Waals surface area contributed by atoms with Gasteiger partial charge < -0.3 is 10.0 Å². The highest BCUT2D eigenvalue weighted by Gasteiger charge is 2.30. The van der Waals surface area contributed by atoms with Gasteiger partial charge in [0.15, 0.2) is 0 Å². The lowest BCUT2D eigenvalue weighted by molar-refractivity contribution is 0.199. The molecule has 1 aliphatic carbocycles. The standard InChI is InChI=1S/C16H19NOS/c1-12(18)15-4-2-3-5-16(15)17(14-6-7-14)10-13-8-9-19-11-13/h2-5,8-9,11-12,14,18H,6-7,10H2,1H3/t12-/m0/s1. The molecule has 1 heterocycles. The highest BCUT2D eigenvalue weighted by Crippen LogP contribution is 2.36. The summed E-state index contributed by atoms with van der Waals surface area (Å²) in [6.07, 6.45) is 2.11. The smallest absolute Gasteiger partial charge is 0.0781 e. The van der Waals surface area contributed by atoms with Crippen molar-refractivity contribution in [3.8, 4) is 0 Å². The molecule has 1 aromatic heterocycles. The topological polar surface area (TPSA) is 23.5 Å². The predicted molar refractivity (Wildman–Crippen MR) is 80.6 cm³/mol. The van der Waals surface area contributed by atoms with Crippen molar-refractivity contribution >= 4 is 17.0 Å². The fourth-order valence-corrected chi connectivity index (χ4v) is 3.14. The first-order chi connectivity index (χ1) is 9.25. The number of aliphatic hydroxyl groups excluding tert-OH is 1. The quantitative estimate of drug-likeness (QED) is 0.891. The van der Waals surface area contributed by atoms with Gasteiger partial charge in [0.25, 0.3) is 0 Å². The Hall–Kier alpha value is -1.32. The number of aliphatic hydroxyl groups is 1. The lowest BCUT2D eigenvalue weighted by atomic mass is 10.1. The van der Waals surface area contributed by atoms with Crippen molar-refractivity contribution in [3.05, 3.63) is 52.2 Å². The van der Waals surface area contributed by atoms with Gasteiger partial charge in [0.2, 0.25) is 0 Å². The molecule has 0 saturated heterocycles. The summed E-state index contributed by atoms with van der Waals surface area (Å²) in [4.78, 5) is 2.45. The van der Waals surface area contributed by atoms with Crippen LogP contribution in [0.15, 0.2) is 41.1 Å². The van der Waals surface area contributed by atoms with Gasteiger partial charge in [0.05, 0.1) is 6.10 Å². The van der Waals surface area contributed by atoms with E-state index < -0.39 is 6.10 Å². The average Bonchev–Trinajstić information content (AvgIpc) is 3.13. The molecule has 2 nitrogen and oxygen atoms in total. The molecule has 3 rings (SSSR count). The molecular weight excluding hydrogens is 254 g/mol. The Labute approximate surface area is 118 Å². The first-order valence-electron chi connectivity index (χ1n) is 6.80. The second kappa shape index (κ2) is 5.35. The molecule has 1 aliphatic rings. The molecule has 0 radical (unpaired) electrons. The van der Waals surface area contributed by atoms with E-state index in [9.17, 15) is 5.11 Å². The van der Waals surface area contributed by atoms with Crippen LogP contribution < -0.4 is 4.90 Å². The van der Waals surface area contributed by atoms with Crippen molar-refractivity contribution < 1.29 is 5.11 Å². The summed E-state index contributed by atoms with van der Waals surface area (Å²) < 4.78 is 0. The van der Waals surface area contributed by atoms with Crippen LogP contribution in [0.5, 0.6) is 0 Å². The van der Waals surface area contributed by atoms with E-state index in [-0.39, 0.29) is 0 Å². The van der Waals surface area contributed by atoms with Crippen molar-refractivity contribution in [2.75, 3.05) is 4.90 Å². The van der Waals surface area contributed by atoms with Gasteiger partial charge in [-0.15, -0.1) is 0 Å². The lowest BCUT2D eigenvalue weighted by Gasteiger charge is -2.27. The summed E-state index contributed by atoms with van der Waals surface area (Å²) in [7, 11) is 0. The number of para-hydroxylation sites is 1. The summed E-state index contributed by atoms with van der Waals surface area (Å²) in [5.74, 6) is 0. The maximum absolute atomic E-state index is 9.96. The summed E-state index contributed by atoms with van der Waals surface area (Å²) in [6, 6.07) is 11.0. The highest BCUT2D eigenvalue weighted by atomic mass is 32.1. The number of benzene rings is 1. The van der Waals surface area contributed by atoms with E-state index in [2.05, 4.69) is 33.9 Å². The molecule has 1 fully saturated rings. The van der Waals surface area contributed by atoms with Gasteiger partial charge in [-0.2, -0.15) is 11.3 Å². The van der Waals surface area contributed by atoms with Gasteiger partial charge in [0.1, 0.15) is 0 Å². The Morgan fingerprint density at radius 2 is 2.11 bits per heavy atom. The molecule has 0 bridgehead atoms. The van der Waals surface area contributed by atoms with Crippen molar-refractivity contribution in [3.63, 3.8) is 0 Å². The third-order valence-electron chi connectivity index (χ3n) is 3.62. The van der Waals surface area contributed by atoms with Crippen LogP contribution in [0.4, 0.5) is 5.69 Å². The van der Waals surface area contributed by atoms with Crippen LogP contribution in [0.25, 0.3) is 0 Å². The fraction of sp³-hybridized carbons (Fsp3) is 0.375. The molecule has 1 saturated carbocycles. The van der Waals surface area contributed by atoms with Crippen molar-refractivity contribution in [1.82, 2.24) is 0 Å². The lowest BCUT2D eigenvalue weighted by Crippen LogP contribution is -2.26. The number of hydrogen-bond donors (Lipinski definition) is 1. The summed E-state index contributed by atoms with van der Waals surface area (Å²) in [5, 5.41) is 14.3. The zero-order chi connectivity index (χ0) is 13.2. The van der Waals surface area contributed by atoms with Crippen LogP contribution in [0.3, 0.4) is 0 Å². The Morgan fingerprint density at radius 1 is 1.32 bits per heavy atom. The van der Waals surface area contributed by atoms with E-state index in [1.807, 2.05) is 19.1 Å². The van der Waals surface area contributed by atoms with Gasteiger partial charge >= 0.3 is 0 Å². The van der Waals surface area contributed by atoms with E-state index in [1.165, 1.54) is 24.1 Å². The van der Waals surface area contributed by atoms with E-state index in [0.717, 1.165) is 12.1 Å². The van der Waals surface area contributed by atoms with E-state index in [4.69, 9.17) is 0 Å². The molecule has 0 spiro atoms. The molecular formula is C16H19NOS. The van der Waals surface area contributed by atoms with E-state index >= 15 is 0 Å². The molecule has 3 heteroatoms. The average molecular weight is 273 g/mol. The first kappa shape index (κ1) is 12.7. The number of nitrogens with zero attached hydrogens (tertiary/aromatic N) is 1. The summed E-state index contributed by atoms with van der Waals surface area (Å²) in [6.45, 7) is 2.78. The minimum Gasteiger partial charge on any atom is -0.389 e. The minimum absolute atomic E-state index is 0.417. The molecule has 19 heavy (non-hydrogen) atoms. The zero-order valence-corrected chi connectivity index (χ0v) is 11.9. The first-order valence-corrected chi connectivity index (χ1v) is 7.74.